The van der Waals surface area contributed by atoms with Gasteiger partial charge in [-0.25, -0.2) is 8.78 Å². The number of aromatic nitrogens is 3. The fourth-order valence-corrected chi connectivity index (χ4v) is 3.81. The molecule has 1 saturated heterocycles. The zero-order valence-electron chi connectivity index (χ0n) is 19.9. The molecule has 1 fully saturated rings. The number of halogens is 2. The van der Waals surface area contributed by atoms with Gasteiger partial charge < -0.3 is 20.7 Å². The minimum Gasteiger partial charge on any atom is -0.383 e. The van der Waals surface area contributed by atoms with Gasteiger partial charge in [0.05, 0.1) is 29.9 Å². The molecule has 36 heavy (non-hydrogen) atoms. The van der Waals surface area contributed by atoms with Gasteiger partial charge in [-0.05, 0) is 43.0 Å². The molecule has 0 aliphatic carbocycles. The number of primary amides is 1. The second-order valence-corrected chi connectivity index (χ2v) is 7.85. The zero-order valence-corrected chi connectivity index (χ0v) is 19.9. The molecular weight excluding hydrogens is 470 g/mol. The van der Waals surface area contributed by atoms with Gasteiger partial charge in [-0.3, -0.25) is 19.7 Å². The number of H-pyrrole nitrogens is 1. The standard InChI is InChI=1S/C16H11F2N5O.C9H15NO2/c1-20-16-14(15(19)24)12(22-23-16)3-2-8-6-13-9(5-11(8)18)4-10(17)7-21-13;1-3-9(11)10-6-4-5-8(10)7-12-2/h4-7H,1H3,(H2,19,24)(H2,20,22,23);3,8H,1,4-7H2,2H3. The van der Waals surface area contributed by atoms with Gasteiger partial charge in [-0.2, -0.15) is 5.10 Å². The van der Waals surface area contributed by atoms with Crippen LogP contribution in [0.1, 0.15) is 34.5 Å². The second kappa shape index (κ2) is 11.9. The predicted molar refractivity (Wildman–Crippen MR) is 131 cm³/mol. The van der Waals surface area contributed by atoms with Gasteiger partial charge in [0.15, 0.2) is 5.82 Å². The number of carbonyl (C=O) groups excluding carboxylic acids is 2. The highest BCUT2D eigenvalue weighted by Gasteiger charge is 2.26. The molecule has 11 heteroatoms. The van der Waals surface area contributed by atoms with E-state index in [2.05, 4.69) is 38.9 Å². The number of rotatable bonds is 5. The molecule has 9 nitrogen and oxygen atoms in total. The molecule has 0 spiro atoms. The molecule has 2 aromatic heterocycles. The third-order valence-electron chi connectivity index (χ3n) is 5.50. The Bertz CT molecular complexity index is 1340. The number of benzene rings is 1. The van der Waals surface area contributed by atoms with E-state index in [0.717, 1.165) is 31.6 Å². The molecular formula is C25H26F2N6O3. The monoisotopic (exact) mass is 496 g/mol. The summed E-state index contributed by atoms with van der Waals surface area (Å²) in [6, 6.07) is 4.00. The summed E-state index contributed by atoms with van der Waals surface area (Å²) in [5, 5.41) is 9.46. The number of nitrogens with zero attached hydrogens (tertiary/aromatic N) is 3. The summed E-state index contributed by atoms with van der Waals surface area (Å²) in [4.78, 5) is 28.5. The number of hydrogen-bond donors (Lipinski definition) is 3. The molecule has 0 saturated carbocycles. The van der Waals surface area contributed by atoms with E-state index < -0.39 is 17.5 Å². The Labute approximate surface area is 206 Å². The maximum absolute atomic E-state index is 14.1. The lowest BCUT2D eigenvalue weighted by atomic mass is 10.1. The quantitative estimate of drug-likeness (QED) is 0.368. The number of anilines is 1. The van der Waals surface area contributed by atoms with Crippen LogP contribution in [0.2, 0.25) is 0 Å². The minimum absolute atomic E-state index is 0.0227. The van der Waals surface area contributed by atoms with Crippen LogP contribution in [0, 0.1) is 23.5 Å². The summed E-state index contributed by atoms with van der Waals surface area (Å²) >= 11 is 0. The number of pyridine rings is 1. The van der Waals surface area contributed by atoms with Crippen LogP contribution in [0.5, 0.6) is 0 Å². The molecule has 1 aliphatic heterocycles. The van der Waals surface area contributed by atoms with Crippen LogP contribution in [-0.4, -0.2) is 65.2 Å². The Balaban J connectivity index is 0.000000253. The Kier molecular flexibility index (Phi) is 8.70. The first-order chi connectivity index (χ1) is 17.3. The Morgan fingerprint density at radius 2 is 2.14 bits per heavy atom. The third-order valence-corrected chi connectivity index (χ3v) is 5.50. The van der Waals surface area contributed by atoms with Crippen molar-refractivity contribution in [1.82, 2.24) is 20.1 Å². The van der Waals surface area contributed by atoms with Crippen molar-refractivity contribution in [2.24, 2.45) is 5.73 Å². The summed E-state index contributed by atoms with van der Waals surface area (Å²) in [5.41, 5.74) is 6.01. The fraction of sp³-hybridized carbons (Fsp3) is 0.280. The van der Waals surface area contributed by atoms with E-state index in [1.165, 1.54) is 18.2 Å². The number of carbonyl (C=O) groups is 2. The number of methoxy groups -OCH3 is 1. The number of nitrogens with one attached hydrogen (secondary N) is 2. The molecule has 3 aromatic rings. The van der Waals surface area contributed by atoms with Crippen molar-refractivity contribution < 1.29 is 23.1 Å². The van der Waals surface area contributed by atoms with Gasteiger partial charge in [0.25, 0.3) is 5.91 Å². The van der Waals surface area contributed by atoms with Crippen molar-refractivity contribution in [3.8, 4) is 11.8 Å². The summed E-state index contributed by atoms with van der Waals surface area (Å²) in [6.07, 6.45) is 4.53. The second-order valence-electron chi connectivity index (χ2n) is 7.85. The van der Waals surface area contributed by atoms with Crippen LogP contribution >= 0.6 is 0 Å². The number of aromatic amines is 1. The average molecular weight is 497 g/mol. The van der Waals surface area contributed by atoms with Crippen LogP contribution in [-0.2, 0) is 9.53 Å². The summed E-state index contributed by atoms with van der Waals surface area (Å²) in [5.74, 6) is 3.62. The van der Waals surface area contributed by atoms with Gasteiger partial charge >= 0.3 is 0 Å². The van der Waals surface area contributed by atoms with Gasteiger partial charge in [0.2, 0.25) is 5.91 Å². The molecule has 1 atom stereocenters. The topological polar surface area (TPSA) is 126 Å². The van der Waals surface area contributed by atoms with Crippen molar-refractivity contribution in [2.75, 3.05) is 32.6 Å². The predicted octanol–water partition coefficient (Wildman–Crippen LogP) is 2.59. The van der Waals surface area contributed by atoms with Gasteiger partial charge in [0, 0.05) is 26.1 Å². The molecule has 1 aromatic carbocycles. The van der Waals surface area contributed by atoms with Crippen LogP contribution in [0.15, 0.2) is 37.1 Å². The van der Waals surface area contributed by atoms with Crippen molar-refractivity contribution in [3.05, 3.63) is 65.5 Å². The molecule has 1 unspecified atom stereocenters. The fourth-order valence-electron chi connectivity index (χ4n) is 3.81. The average Bonchev–Trinajstić information content (AvgIpc) is 3.49. The maximum atomic E-state index is 14.1. The maximum Gasteiger partial charge on any atom is 0.255 e. The van der Waals surface area contributed by atoms with Gasteiger partial charge in [-0.1, -0.05) is 12.5 Å². The van der Waals surface area contributed by atoms with Crippen molar-refractivity contribution in [1.29, 1.82) is 0 Å². The first-order valence-corrected chi connectivity index (χ1v) is 11.0. The Morgan fingerprint density at radius 3 is 2.81 bits per heavy atom. The van der Waals surface area contributed by atoms with Crippen molar-refractivity contribution in [3.63, 3.8) is 0 Å². The molecule has 0 radical (unpaired) electrons. The van der Waals surface area contributed by atoms with Crippen LogP contribution in [0.25, 0.3) is 10.9 Å². The van der Waals surface area contributed by atoms with Gasteiger partial charge in [0.1, 0.15) is 22.9 Å². The largest absolute Gasteiger partial charge is 0.383 e. The van der Waals surface area contributed by atoms with Crippen LogP contribution in [0.3, 0.4) is 0 Å². The minimum atomic E-state index is -0.714. The number of hydrogen-bond acceptors (Lipinski definition) is 6. The SMILES string of the molecule is C=CC(=O)N1CCCC1COC.CNc1n[nH]c(C#Cc2cc3ncc(F)cc3cc2F)c1C(N)=O. The summed E-state index contributed by atoms with van der Waals surface area (Å²) < 4.78 is 32.2. The van der Waals surface area contributed by atoms with Crippen LogP contribution < -0.4 is 11.1 Å². The summed E-state index contributed by atoms with van der Waals surface area (Å²) in [6.45, 7) is 4.95. The smallest absolute Gasteiger partial charge is 0.255 e. The van der Waals surface area contributed by atoms with E-state index in [1.54, 1.807) is 14.2 Å². The van der Waals surface area contributed by atoms with E-state index in [9.17, 15) is 18.4 Å². The normalized spacial score (nSPS) is 14.4. The highest BCUT2D eigenvalue weighted by molar-refractivity contribution is 5.99. The highest BCUT2D eigenvalue weighted by atomic mass is 19.1. The van der Waals surface area contributed by atoms with Crippen molar-refractivity contribution >= 4 is 28.5 Å². The lowest BCUT2D eigenvalue weighted by molar-refractivity contribution is -0.127. The number of fused-ring (bicyclic) bond motifs is 1. The molecule has 1 aliphatic rings. The van der Waals surface area contributed by atoms with E-state index in [4.69, 9.17) is 10.5 Å². The van der Waals surface area contributed by atoms with Crippen LogP contribution in [0.4, 0.5) is 14.6 Å². The lowest BCUT2D eigenvalue weighted by Gasteiger charge is -2.22. The number of amides is 2. The lowest BCUT2D eigenvalue weighted by Crippen LogP contribution is -2.36. The van der Waals surface area contributed by atoms with E-state index in [0.29, 0.717) is 17.5 Å². The molecule has 0 bridgehead atoms. The Hall–Kier alpha value is -4.30. The third kappa shape index (κ3) is 6.03. The Morgan fingerprint density at radius 1 is 1.36 bits per heavy atom. The zero-order chi connectivity index (χ0) is 26.2. The van der Waals surface area contributed by atoms with Crippen molar-refractivity contribution in [2.45, 2.75) is 18.9 Å². The molecule has 4 rings (SSSR count). The first-order valence-electron chi connectivity index (χ1n) is 11.0. The van der Waals surface area contributed by atoms with E-state index in [1.807, 2.05) is 4.90 Å². The highest BCUT2D eigenvalue weighted by Crippen LogP contribution is 2.19. The van der Waals surface area contributed by atoms with E-state index >= 15 is 0 Å². The molecule has 3 heterocycles. The first kappa shape index (κ1) is 26.3. The summed E-state index contributed by atoms with van der Waals surface area (Å²) in [7, 11) is 3.24. The number of nitrogens with two attached hydrogens (primary N) is 1. The molecule has 2 amide bonds. The van der Waals surface area contributed by atoms with E-state index in [-0.39, 0.29) is 34.6 Å². The number of ether oxygens (including phenoxy) is 1. The number of likely N-dealkylation sites (tertiary alicyclic amines) is 1. The molecule has 4 N–H and O–H groups in total. The van der Waals surface area contributed by atoms with Gasteiger partial charge in [-0.15, -0.1) is 0 Å². The molecule has 188 valence electrons.